The van der Waals surface area contributed by atoms with Gasteiger partial charge in [-0.1, -0.05) is 6.42 Å². The lowest BCUT2D eigenvalue weighted by Gasteiger charge is -2.22. The quantitative estimate of drug-likeness (QED) is 0.825. The first-order chi connectivity index (χ1) is 5.88. The lowest BCUT2D eigenvalue weighted by Crippen LogP contribution is -2.26. The monoisotopic (exact) mass is 246 g/mol. The molecule has 2 rings (SSSR count). The molecule has 0 aliphatic carbocycles. The third kappa shape index (κ3) is 1.70. The van der Waals surface area contributed by atoms with Gasteiger partial charge in [0.25, 0.3) is 0 Å². The molecular weight excluding hydrogens is 236 g/mol. The number of hydrogen-bond acceptors (Lipinski definition) is 3. The average molecular weight is 247 g/mol. The summed E-state index contributed by atoms with van der Waals surface area (Å²) in [4.78, 5) is 1.36. The highest BCUT2D eigenvalue weighted by atomic mass is 79.9. The molecule has 1 unspecified atom stereocenters. The van der Waals surface area contributed by atoms with Gasteiger partial charge in [0.05, 0.1) is 15.5 Å². The smallest absolute Gasteiger partial charge is 0.0564 e. The summed E-state index contributed by atoms with van der Waals surface area (Å²) in [5.74, 6) is 0. The molecule has 1 aromatic heterocycles. The van der Waals surface area contributed by atoms with Crippen LogP contribution < -0.4 is 5.32 Å². The standard InChI is InChI=1S/C8H11BrN2S/c9-6-5-11-12-8(6)7-3-1-2-4-10-7/h5,7,10H,1-4H2. The van der Waals surface area contributed by atoms with E-state index in [0.717, 1.165) is 11.0 Å². The van der Waals surface area contributed by atoms with Crippen molar-refractivity contribution in [3.05, 3.63) is 15.5 Å². The van der Waals surface area contributed by atoms with Gasteiger partial charge in [0.15, 0.2) is 0 Å². The van der Waals surface area contributed by atoms with Crippen molar-refractivity contribution in [3.8, 4) is 0 Å². The van der Waals surface area contributed by atoms with Crippen molar-refractivity contribution >= 4 is 27.5 Å². The molecule has 2 nitrogen and oxygen atoms in total. The van der Waals surface area contributed by atoms with Gasteiger partial charge in [-0.05, 0) is 46.8 Å². The van der Waals surface area contributed by atoms with E-state index in [1.165, 1.54) is 24.1 Å². The van der Waals surface area contributed by atoms with Crippen molar-refractivity contribution in [1.29, 1.82) is 0 Å². The van der Waals surface area contributed by atoms with Crippen LogP contribution in [0, 0.1) is 0 Å². The van der Waals surface area contributed by atoms with Crippen LogP contribution in [-0.4, -0.2) is 10.9 Å². The molecule has 1 saturated heterocycles. The fourth-order valence-electron chi connectivity index (χ4n) is 1.54. The van der Waals surface area contributed by atoms with E-state index in [0.29, 0.717) is 6.04 Å². The molecular formula is C8H11BrN2S. The Hall–Kier alpha value is 0.0700. The minimum atomic E-state index is 0.542. The van der Waals surface area contributed by atoms with Crippen molar-refractivity contribution in [2.24, 2.45) is 0 Å². The topological polar surface area (TPSA) is 24.9 Å². The molecule has 1 fully saturated rings. The number of hydrogen-bond donors (Lipinski definition) is 1. The van der Waals surface area contributed by atoms with Crippen LogP contribution in [-0.2, 0) is 0 Å². The molecule has 0 amide bonds. The van der Waals surface area contributed by atoms with E-state index in [2.05, 4.69) is 25.6 Å². The van der Waals surface area contributed by atoms with Crippen LogP contribution >= 0.6 is 27.5 Å². The molecule has 0 aromatic carbocycles. The van der Waals surface area contributed by atoms with E-state index in [-0.39, 0.29) is 0 Å². The molecule has 0 spiro atoms. The zero-order chi connectivity index (χ0) is 8.39. The Kier molecular flexibility index (Phi) is 2.78. The molecule has 4 heteroatoms. The van der Waals surface area contributed by atoms with Gasteiger partial charge in [-0.15, -0.1) is 0 Å². The molecule has 1 atom stereocenters. The van der Waals surface area contributed by atoms with E-state index in [9.17, 15) is 0 Å². The molecule has 2 heterocycles. The average Bonchev–Trinajstić information content (AvgIpc) is 2.53. The Bertz CT molecular complexity index is 255. The summed E-state index contributed by atoms with van der Waals surface area (Å²) in [6, 6.07) is 0.542. The van der Waals surface area contributed by atoms with Gasteiger partial charge in [-0.3, -0.25) is 0 Å². The Morgan fingerprint density at radius 2 is 2.50 bits per heavy atom. The van der Waals surface area contributed by atoms with Gasteiger partial charge in [0.2, 0.25) is 0 Å². The van der Waals surface area contributed by atoms with E-state index in [4.69, 9.17) is 0 Å². The van der Waals surface area contributed by atoms with Crippen LogP contribution in [0.2, 0.25) is 0 Å². The molecule has 66 valence electrons. The van der Waals surface area contributed by atoms with Crippen LogP contribution in [0.5, 0.6) is 0 Å². The van der Waals surface area contributed by atoms with Gasteiger partial charge < -0.3 is 5.32 Å². The van der Waals surface area contributed by atoms with E-state index >= 15 is 0 Å². The lowest BCUT2D eigenvalue weighted by atomic mass is 10.0. The first-order valence-electron chi connectivity index (χ1n) is 4.21. The maximum Gasteiger partial charge on any atom is 0.0564 e. The SMILES string of the molecule is Brc1cnsc1C1CCCCN1. The lowest BCUT2D eigenvalue weighted by molar-refractivity contribution is 0.416. The van der Waals surface area contributed by atoms with Crippen LogP contribution in [0.25, 0.3) is 0 Å². The third-order valence-corrected chi connectivity index (χ3v) is 3.99. The summed E-state index contributed by atoms with van der Waals surface area (Å²) in [6.45, 7) is 1.15. The van der Waals surface area contributed by atoms with Crippen LogP contribution in [0.1, 0.15) is 30.2 Å². The minimum Gasteiger partial charge on any atom is -0.309 e. The van der Waals surface area contributed by atoms with E-state index < -0.39 is 0 Å². The zero-order valence-corrected chi connectivity index (χ0v) is 9.12. The largest absolute Gasteiger partial charge is 0.309 e. The highest BCUT2D eigenvalue weighted by Crippen LogP contribution is 2.31. The van der Waals surface area contributed by atoms with Crippen LogP contribution in [0.3, 0.4) is 0 Å². The van der Waals surface area contributed by atoms with Crippen molar-refractivity contribution in [1.82, 2.24) is 9.69 Å². The summed E-state index contributed by atoms with van der Waals surface area (Å²) in [5.41, 5.74) is 0. The molecule has 1 aliphatic rings. The Morgan fingerprint density at radius 1 is 1.58 bits per heavy atom. The summed E-state index contributed by atoms with van der Waals surface area (Å²) in [7, 11) is 0. The summed E-state index contributed by atoms with van der Waals surface area (Å²) in [6.07, 6.45) is 5.78. The Labute approximate surface area is 84.7 Å². The second-order valence-corrected chi connectivity index (χ2v) is 4.73. The molecule has 0 saturated carbocycles. The predicted octanol–water partition coefficient (Wildman–Crippen LogP) is 2.72. The van der Waals surface area contributed by atoms with Crippen molar-refractivity contribution in [2.45, 2.75) is 25.3 Å². The molecule has 12 heavy (non-hydrogen) atoms. The van der Waals surface area contributed by atoms with Gasteiger partial charge in [0, 0.05) is 6.04 Å². The Balaban J connectivity index is 2.13. The van der Waals surface area contributed by atoms with Crippen molar-refractivity contribution < 1.29 is 0 Å². The minimum absolute atomic E-state index is 0.542. The predicted molar refractivity (Wildman–Crippen MR) is 54.4 cm³/mol. The molecule has 1 N–H and O–H groups in total. The first kappa shape index (κ1) is 8.66. The second kappa shape index (κ2) is 3.85. The van der Waals surface area contributed by atoms with Gasteiger partial charge >= 0.3 is 0 Å². The number of halogens is 1. The van der Waals surface area contributed by atoms with Gasteiger partial charge in [-0.2, -0.15) is 4.37 Å². The van der Waals surface area contributed by atoms with Crippen LogP contribution in [0.15, 0.2) is 10.7 Å². The number of rotatable bonds is 1. The van der Waals surface area contributed by atoms with Gasteiger partial charge in [0.1, 0.15) is 0 Å². The first-order valence-corrected chi connectivity index (χ1v) is 5.78. The number of aromatic nitrogens is 1. The number of piperidine rings is 1. The highest BCUT2D eigenvalue weighted by molar-refractivity contribution is 9.10. The normalized spacial score (nSPS) is 24.2. The maximum atomic E-state index is 4.15. The van der Waals surface area contributed by atoms with E-state index in [1.54, 1.807) is 11.5 Å². The summed E-state index contributed by atoms with van der Waals surface area (Å²) in [5, 5.41) is 3.50. The van der Waals surface area contributed by atoms with Crippen LogP contribution in [0.4, 0.5) is 0 Å². The zero-order valence-electron chi connectivity index (χ0n) is 6.72. The summed E-state index contributed by atoms with van der Waals surface area (Å²) >= 11 is 5.11. The number of nitrogens with one attached hydrogen (secondary N) is 1. The summed E-state index contributed by atoms with van der Waals surface area (Å²) < 4.78 is 5.31. The van der Waals surface area contributed by atoms with Crippen molar-refractivity contribution in [2.75, 3.05) is 6.54 Å². The van der Waals surface area contributed by atoms with Gasteiger partial charge in [-0.25, -0.2) is 0 Å². The fourth-order valence-corrected chi connectivity index (χ4v) is 3.01. The molecule has 0 radical (unpaired) electrons. The van der Waals surface area contributed by atoms with Crippen molar-refractivity contribution in [3.63, 3.8) is 0 Å². The fraction of sp³-hybridized carbons (Fsp3) is 0.625. The molecule has 1 aromatic rings. The Morgan fingerprint density at radius 3 is 3.08 bits per heavy atom. The molecule has 1 aliphatic heterocycles. The third-order valence-electron chi connectivity index (χ3n) is 2.18. The second-order valence-electron chi connectivity index (χ2n) is 3.04. The maximum absolute atomic E-state index is 4.15. The van der Waals surface area contributed by atoms with E-state index in [1.807, 2.05) is 6.20 Å². The number of nitrogens with zero attached hydrogens (tertiary/aromatic N) is 1. The highest BCUT2D eigenvalue weighted by Gasteiger charge is 2.18. The molecule has 0 bridgehead atoms.